The van der Waals surface area contributed by atoms with E-state index in [0.717, 1.165) is 31.2 Å². The first kappa shape index (κ1) is 12.7. The molecule has 1 aliphatic heterocycles. The van der Waals surface area contributed by atoms with Crippen LogP contribution in [0.1, 0.15) is 38.2 Å². The van der Waals surface area contributed by atoms with Gasteiger partial charge in [-0.2, -0.15) is 11.3 Å². The number of rotatable bonds is 2. The van der Waals surface area contributed by atoms with Crippen LogP contribution >= 0.6 is 11.3 Å². The molecule has 2 amide bonds. The van der Waals surface area contributed by atoms with E-state index in [2.05, 4.69) is 5.32 Å². The SMILES string of the molecule is CC1NC(=O)C2(CCCC2)N(Cc2ccsc2)C1=O. The van der Waals surface area contributed by atoms with Crippen molar-refractivity contribution in [1.29, 1.82) is 0 Å². The lowest BCUT2D eigenvalue weighted by Crippen LogP contribution is -2.68. The standard InChI is InChI=1S/C14H18N2O2S/c1-10-12(17)16(8-11-4-7-19-9-11)14(13(18)15-10)5-2-3-6-14/h4,7,9-10H,2-3,5-6,8H2,1H3,(H,15,18). The molecule has 102 valence electrons. The number of nitrogens with one attached hydrogen (secondary N) is 1. The van der Waals surface area contributed by atoms with Crippen molar-refractivity contribution in [2.24, 2.45) is 0 Å². The molecule has 5 heteroatoms. The number of carbonyl (C=O) groups is 2. The van der Waals surface area contributed by atoms with E-state index in [0.29, 0.717) is 6.54 Å². The second-order valence-electron chi connectivity index (χ2n) is 5.49. The van der Waals surface area contributed by atoms with E-state index in [1.807, 2.05) is 21.7 Å². The molecule has 2 fully saturated rings. The van der Waals surface area contributed by atoms with Crippen LogP contribution in [0.3, 0.4) is 0 Å². The molecule has 1 aliphatic carbocycles. The van der Waals surface area contributed by atoms with E-state index in [1.54, 1.807) is 18.3 Å². The smallest absolute Gasteiger partial charge is 0.246 e. The number of hydrogen-bond donors (Lipinski definition) is 1. The van der Waals surface area contributed by atoms with E-state index < -0.39 is 11.6 Å². The lowest BCUT2D eigenvalue weighted by Gasteiger charge is -2.45. The van der Waals surface area contributed by atoms with Gasteiger partial charge in [0.25, 0.3) is 0 Å². The normalized spacial score (nSPS) is 25.9. The third kappa shape index (κ3) is 1.96. The summed E-state index contributed by atoms with van der Waals surface area (Å²) in [5.41, 5.74) is 0.525. The van der Waals surface area contributed by atoms with Crippen LogP contribution in [-0.4, -0.2) is 28.3 Å². The molecule has 1 atom stereocenters. The number of carbonyl (C=O) groups excluding carboxylic acids is 2. The molecule has 19 heavy (non-hydrogen) atoms. The molecule has 1 aromatic rings. The fourth-order valence-electron chi connectivity index (χ4n) is 3.21. The highest BCUT2D eigenvalue weighted by atomic mass is 32.1. The largest absolute Gasteiger partial charge is 0.343 e. The van der Waals surface area contributed by atoms with Crippen LogP contribution in [0.4, 0.5) is 0 Å². The molecule has 1 saturated carbocycles. The number of hydrogen-bond acceptors (Lipinski definition) is 3. The zero-order chi connectivity index (χ0) is 13.5. The summed E-state index contributed by atoms with van der Waals surface area (Å²) >= 11 is 1.62. The van der Waals surface area contributed by atoms with Gasteiger partial charge in [-0.15, -0.1) is 0 Å². The van der Waals surface area contributed by atoms with Crippen LogP contribution in [0.25, 0.3) is 0 Å². The van der Waals surface area contributed by atoms with E-state index in [4.69, 9.17) is 0 Å². The van der Waals surface area contributed by atoms with Crippen LogP contribution in [0.15, 0.2) is 16.8 Å². The number of amides is 2. The highest BCUT2D eigenvalue weighted by Gasteiger charge is 2.52. The third-order valence-electron chi connectivity index (χ3n) is 4.27. The predicted octanol–water partition coefficient (Wildman–Crippen LogP) is 1.91. The Bertz CT molecular complexity index is 492. The van der Waals surface area contributed by atoms with Gasteiger partial charge in [0, 0.05) is 6.54 Å². The van der Waals surface area contributed by atoms with Crippen LogP contribution in [0.2, 0.25) is 0 Å². The number of thiophene rings is 1. The van der Waals surface area contributed by atoms with Crippen molar-refractivity contribution in [3.8, 4) is 0 Å². The van der Waals surface area contributed by atoms with Crippen LogP contribution in [-0.2, 0) is 16.1 Å². The zero-order valence-corrected chi connectivity index (χ0v) is 11.8. The molecule has 2 heterocycles. The van der Waals surface area contributed by atoms with Crippen LogP contribution < -0.4 is 5.32 Å². The lowest BCUT2D eigenvalue weighted by atomic mass is 9.89. The van der Waals surface area contributed by atoms with Crippen molar-refractivity contribution in [1.82, 2.24) is 10.2 Å². The number of piperazine rings is 1. The fourth-order valence-corrected chi connectivity index (χ4v) is 3.87. The first-order chi connectivity index (χ1) is 9.13. The first-order valence-electron chi connectivity index (χ1n) is 6.77. The summed E-state index contributed by atoms with van der Waals surface area (Å²) in [6, 6.07) is 1.62. The van der Waals surface area contributed by atoms with Gasteiger partial charge in [-0.25, -0.2) is 0 Å². The average molecular weight is 278 g/mol. The van der Waals surface area contributed by atoms with Gasteiger partial charge in [-0.1, -0.05) is 12.8 Å². The van der Waals surface area contributed by atoms with Gasteiger partial charge >= 0.3 is 0 Å². The Morgan fingerprint density at radius 3 is 2.79 bits per heavy atom. The van der Waals surface area contributed by atoms with Crippen LogP contribution in [0.5, 0.6) is 0 Å². The molecule has 4 nitrogen and oxygen atoms in total. The molecule has 0 aromatic carbocycles. The summed E-state index contributed by atoms with van der Waals surface area (Å²) in [7, 11) is 0. The van der Waals surface area contributed by atoms with E-state index in [9.17, 15) is 9.59 Å². The van der Waals surface area contributed by atoms with Gasteiger partial charge in [0.1, 0.15) is 11.6 Å². The Morgan fingerprint density at radius 2 is 2.16 bits per heavy atom. The van der Waals surface area contributed by atoms with Crippen molar-refractivity contribution in [2.45, 2.75) is 50.7 Å². The van der Waals surface area contributed by atoms with E-state index in [-0.39, 0.29) is 11.8 Å². The summed E-state index contributed by atoms with van der Waals surface area (Å²) in [6.45, 7) is 2.32. The third-order valence-corrected chi connectivity index (χ3v) is 5.01. The van der Waals surface area contributed by atoms with Gasteiger partial charge in [-0.3, -0.25) is 9.59 Å². The Labute approximate surface area is 116 Å². The zero-order valence-electron chi connectivity index (χ0n) is 11.0. The molecule has 2 aliphatic rings. The second-order valence-corrected chi connectivity index (χ2v) is 6.27. The second kappa shape index (κ2) is 4.63. The summed E-state index contributed by atoms with van der Waals surface area (Å²) in [5.74, 6) is 0.0834. The Morgan fingerprint density at radius 1 is 1.42 bits per heavy atom. The van der Waals surface area contributed by atoms with Gasteiger partial charge in [0.15, 0.2) is 0 Å². The average Bonchev–Trinajstić information content (AvgIpc) is 3.05. The lowest BCUT2D eigenvalue weighted by molar-refractivity contribution is -0.157. The molecule has 3 rings (SSSR count). The fraction of sp³-hybridized carbons (Fsp3) is 0.571. The van der Waals surface area contributed by atoms with Crippen molar-refractivity contribution >= 4 is 23.2 Å². The quantitative estimate of drug-likeness (QED) is 0.898. The monoisotopic (exact) mass is 278 g/mol. The van der Waals surface area contributed by atoms with Crippen molar-refractivity contribution in [2.75, 3.05) is 0 Å². The molecular formula is C14H18N2O2S. The van der Waals surface area contributed by atoms with Crippen molar-refractivity contribution in [3.63, 3.8) is 0 Å². The molecule has 0 bridgehead atoms. The van der Waals surface area contributed by atoms with Crippen molar-refractivity contribution < 1.29 is 9.59 Å². The minimum Gasteiger partial charge on any atom is -0.343 e. The molecule has 0 radical (unpaired) electrons. The predicted molar refractivity (Wildman–Crippen MR) is 73.7 cm³/mol. The maximum atomic E-state index is 12.5. The molecule has 1 saturated heterocycles. The molecule has 1 aromatic heterocycles. The maximum absolute atomic E-state index is 12.5. The Balaban J connectivity index is 1.94. The van der Waals surface area contributed by atoms with E-state index in [1.165, 1.54) is 0 Å². The molecule has 1 unspecified atom stereocenters. The minimum atomic E-state index is -0.592. The summed E-state index contributed by atoms with van der Waals surface area (Å²) in [6.07, 6.45) is 3.63. The molecule has 1 N–H and O–H groups in total. The molecule has 1 spiro atoms. The highest BCUT2D eigenvalue weighted by Crippen LogP contribution is 2.39. The topological polar surface area (TPSA) is 49.4 Å². The van der Waals surface area contributed by atoms with E-state index >= 15 is 0 Å². The van der Waals surface area contributed by atoms with Crippen molar-refractivity contribution in [3.05, 3.63) is 22.4 Å². The van der Waals surface area contributed by atoms with Crippen LogP contribution in [0, 0.1) is 0 Å². The first-order valence-corrected chi connectivity index (χ1v) is 7.71. The summed E-state index contributed by atoms with van der Waals surface area (Å²) < 4.78 is 0. The van der Waals surface area contributed by atoms with Gasteiger partial charge in [0.2, 0.25) is 11.8 Å². The number of nitrogens with zero attached hydrogens (tertiary/aromatic N) is 1. The summed E-state index contributed by atoms with van der Waals surface area (Å²) in [5, 5.41) is 6.90. The summed E-state index contributed by atoms with van der Waals surface area (Å²) in [4.78, 5) is 26.7. The highest BCUT2D eigenvalue weighted by molar-refractivity contribution is 7.07. The van der Waals surface area contributed by atoms with Gasteiger partial charge in [-0.05, 0) is 42.2 Å². The molecular weight excluding hydrogens is 260 g/mol. The Kier molecular flexibility index (Phi) is 3.09. The maximum Gasteiger partial charge on any atom is 0.246 e. The van der Waals surface area contributed by atoms with Gasteiger partial charge < -0.3 is 10.2 Å². The minimum absolute atomic E-state index is 0.0346. The Hall–Kier alpha value is -1.36. The van der Waals surface area contributed by atoms with Gasteiger partial charge in [0.05, 0.1) is 0 Å².